The molecule has 1 aromatic heterocycles. The third kappa shape index (κ3) is 8.48. The molecule has 0 bridgehead atoms. The average Bonchev–Trinajstić information content (AvgIpc) is 3.49. The molecule has 1 heterocycles. The van der Waals surface area contributed by atoms with E-state index in [0.717, 1.165) is 5.69 Å². The van der Waals surface area contributed by atoms with Gasteiger partial charge in [-0.3, -0.25) is 0 Å². The fraction of sp³-hybridized carbons (Fsp3) is 0.167. The number of nitrogens with two attached hydrogens (primary N) is 1. The maximum Gasteiger partial charge on any atom is 2.00 e. The fourth-order valence-corrected chi connectivity index (χ4v) is 3.03. The number of carbonyl (C=O) groups excluding carboxylic acids is 1. The molecule has 2 fully saturated rings. The van der Waals surface area contributed by atoms with E-state index >= 15 is 0 Å². The quantitative estimate of drug-likeness (QED) is 0.352. The number of benzene rings is 1. The third-order valence-corrected chi connectivity index (χ3v) is 4.60. The molecule has 2 saturated carbocycles. The van der Waals surface area contributed by atoms with Crippen molar-refractivity contribution in [3.05, 3.63) is 81.9 Å². The van der Waals surface area contributed by atoms with Crippen LogP contribution in [0.3, 0.4) is 0 Å². The summed E-state index contributed by atoms with van der Waals surface area (Å²) in [5.41, 5.74) is 7.16. The first-order chi connectivity index (χ1) is 15.4. The standard InChI is InChI=1S/C19H20N5O3.C5H5.Fe/c1-24(11-12-4-2-3-5-12)13-6-7-15-14(10-13)18(23-19(20)21-15)22-16(25)8-9-17(26)27;1-2-4-5-3-1;/h2-7,10H,8-9,11H2,1H3,(H,26,27)(H3,20,21,22,23,25);1-5H;/q;;+2/p-2. The fourth-order valence-electron chi connectivity index (χ4n) is 3.03. The molecule has 2 aliphatic rings. The van der Waals surface area contributed by atoms with E-state index in [9.17, 15) is 15.0 Å². The molecule has 170 valence electrons. The number of carbonyl (C=O) groups is 1. The van der Waals surface area contributed by atoms with Gasteiger partial charge in [0, 0.05) is 36.6 Å². The first kappa shape index (κ1) is 26.9. The van der Waals surface area contributed by atoms with Gasteiger partial charge in [0.05, 0.1) is 5.52 Å². The van der Waals surface area contributed by atoms with Gasteiger partial charge in [-0.2, -0.15) is 4.98 Å². The van der Waals surface area contributed by atoms with Crippen molar-refractivity contribution in [3.8, 4) is 0 Å². The summed E-state index contributed by atoms with van der Waals surface area (Å²) in [7, 11) is 1.95. The molecule has 10 radical (unpaired) electrons. The number of carboxylic acids is 1. The second-order valence-corrected chi connectivity index (χ2v) is 7.10. The van der Waals surface area contributed by atoms with Crippen molar-refractivity contribution >= 4 is 40.2 Å². The molecule has 4 rings (SSSR count). The van der Waals surface area contributed by atoms with Crippen LogP contribution in [0.15, 0.2) is 23.2 Å². The van der Waals surface area contributed by atoms with Gasteiger partial charge < -0.3 is 25.6 Å². The topological polar surface area (TPSA) is 131 Å². The van der Waals surface area contributed by atoms with Crippen molar-refractivity contribution in [2.24, 2.45) is 4.99 Å². The molecule has 33 heavy (non-hydrogen) atoms. The minimum absolute atomic E-state index is 0. The predicted octanol–water partition coefficient (Wildman–Crippen LogP) is 0.993. The van der Waals surface area contributed by atoms with Crippen LogP contribution < -0.4 is 20.8 Å². The van der Waals surface area contributed by atoms with Crippen molar-refractivity contribution in [2.75, 3.05) is 24.2 Å². The van der Waals surface area contributed by atoms with E-state index in [1.165, 1.54) is 5.92 Å². The normalized spacial score (nSPS) is 16.2. The molecular weight excluding hydrogens is 462 g/mol. The number of hydrogen-bond donors (Lipinski definition) is 1. The molecule has 1 aromatic carbocycles. The van der Waals surface area contributed by atoms with Crippen LogP contribution in [0, 0.1) is 63.7 Å². The summed E-state index contributed by atoms with van der Waals surface area (Å²) in [6.45, 7) is 0.714. The number of anilines is 2. The summed E-state index contributed by atoms with van der Waals surface area (Å²) in [6, 6.07) is 5.52. The number of aromatic nitrogens is 2. The maximum atomic E-state index is 11.9. The van der Waals surface area contributed by atoms with E-state index < -0.39 is 18.3 Å². The molecule has 0 unspecified atom stereocenters. The molecule has 0 spiro atoms. The van der Waals surface area contributed by atoms with Gasteiger partial charge in [0.15, 0.2) is 5.82 Å². The minimum Gasteiger partial charge on any atom is -0.862 e. The minimum atomic E-state index is -1.30. The Morgan fingerprint density at radius 3 is 2.24 bits per heavy atom. The van der Waals surface area contributed by atoms with Crippen molar-refractivity contribution in [1.82, 2.24) is 9.97 Å². The Morgan fingerprint density at radius 2 is 1.64 bits per heavy atom. The van der Waals surface area contributed by atoms with E-state index in [0.29, 0.717) is 17.4 Å². The van der Waals surface area contributed by atoms with Crippen molar-refractivity contribution in [1.29, 1.82) is 0 Å². The van der Waals surface area contributed by atoms with Gasteiger partial charge in [-0.1, -0.05) is 0 Å². The van der Waals surface area contributed by atoms with E-state index in [1.54, 1.807) is 6.07 Å². The number of aliphatic carboxylic acids is 1. The average molecular weight is 485 g/mol. The van der Waals surface area contributed by atoms with Crippen LogP contribution in [-0.4, -0.2) is 35.4 Å². The maximum absolute atomic E-state index is 11.9. The number of carboxylic acid groups (broad SMARTS) is 1. The molecule has 2 N–H and O–H groups in total. The van der Waals surface area contributed by atoms with Gasteiger partial charge >= 0.3 is 17.1 Å². The van der Waals surface area contributed by atoms with Gasteiger partial charge in [0.2, 0.25) is 5.95 Å². The first-order valence-electron chi connectivity index (χ1n) is 10.0. The monoisotopic (exact) mass is 485 g/mol. The zero-order valence-electron chi connectivity index (χ0n) is 18.0. The molecule has 0 amide bonds. The third-order valence-electron chi connectivity index (χ3n) is 4.60. The van der Waals surface area contributed by atoms with E-state index in [4.69, 9.17) is 5.73 Å². The zero-order chi connectivity index (χ0) is 22.9. The van der Waals surface area contributed by atoms with Crippen LogP contribution in [0.4, 0.5) is 17.5 Å². The zero-order valence-corrected chi connectivity index (χ0v) is 19.1. The summed E-state index contributed by atoms with van der Waals surface area (Å²) < 4.78 is 0. The number of aliphatic imine (C=N–C) groups is 1. The number of rotatable bonds is 7. The Bertz CT molecular complexity index is 935. The Kier molecular flexibility index (Phi) is 10.9. The summed E-state index contributed by atoms with van der Waals surface area (Å²) in [5, 5.41) is 23.0. The second-order valence-electron chi connectivity index (χ2n) is 7.10. The van der Waals surface area contributed by atoms with Gasteiger partial charge in [0.25, 0.3) is 0 Å². The second kappa shape index (κ2) is 13.4. The Balaban J connectivity index is 0.000000568. The number of fused-ring (bicyclic) bond motifs is 1. The van der Waals surface area contributed by atoms with Gasteiger partial charge in [-0.15, -0.1) is 0 Å². The number of nitrogens with zero attached hydrogens (tertiary/aromatic N) is 4. The molecule has 0 aliphatic heterocycles. The molecule has 2 aromatic rings. The van der Waals surface area contributed by atoms with Crippen molar-refractivity contribution in [2.45, 2.75) is 12.8 Å². The largest absolute Gasteiger partial charge is 2.00 e. The molecule has 8 nitrogen and oxygen atoms in total. The van der Waals surface area contributed by atoms with Gasteiger partial charge in [-0.25, -0.2) is 9.98 Å². The first-order valence-corrected chi connectivity index (χ1v) is 10.0. The van der Waals surface area contributed by atoms with Gasteiger partial charge in [0.1, 0.15) is 0 Å². The summed E-state index contributed by atoms with van der Waals surface area (Å²) in [5.74, 6) is -0.610. The van der Waals surface area contributed by atoms with Crippen LogP contribution in [0.1, 0.15) is 12.8 Å². The Hall–Kier alpha value is -2.38. The summed E-state index contributed by atoms with van der Waals surface area (Å²) in [4.78, 5) is 24.7. The summed E-state index contributed by atoms with van der Waals surface area (Å²) in [6.07, 6.45) is 17.4. The molecule has 2 aliphatic carbocycles. The van der Waals surface area contributed by atoms with Crippen LogP contribution in [0.5, 0.6) is 0 Å². The van der Waals surface area contributed by atoms with Gasteiger partial charge in [-0.05, 0) is 94.7 Å². The predicted molar refractivity (Wildman–Crippen MR) is 120 cm³/mol. The summed E-state index contributed by atoms with van der Waals surface area (Å²) >= 11 is 0. The Morgan fingerprint density at radius 1 is 1.00 bits per heavy atom. The molecule has 0 saturated heterocycles. The SMILES string of the molecule is CN(C[C]1[CH][CH][CH][CH]1)c1ccc2nc(N)nc(N=C([O-])CCC(=O)[O-])c2c1.[CH]1[CH][CH][CH][CH]1.[Fe+2]. The van der Waals surface area contributed by atoms with E-state index in [2.05, 4.69) is 15.0 Å². The number of hydrogen-bond acceptors (Lipinski definition) is 8. The smallest absolute Gasteiger partial charge is 0.862 e. The number of nitrogen functional groups attached to an aromatic ring is 1. The molecular formula is C24H23FeN5O3. The Labute approximate surface area is 206 Å². The van der Waals surface area contributed by atoms with Crippen LogP contribution in [0.2, 0.25) is 0 Å². The van der Waals surface area contributed by atoms with Crippen LogP contribution in [-0.2, 0) is 21.9 Å². The van der Waals surface area contributed by atoms with Crippen LogP contribution >= 0.6 is 0 Å². The van der Waals surface area contributed by atoms with Crippen LogP contribution in [0.25, 0.3) is 10.9 Å². The van der Waals surface area contributed by atoms with E-state index in [1.807, 2.05) is 81.9 Å². The molecule has 0 atom stereocenters. The van der Waals surface area contributed by atoms with E-state index in [-0.39, 0.29) is 35.3 Å². The van der Waals surface area contributed by atoms with Crippen molar-refractivity contribution < 1.29 is 32.1 Å². The van der Waals surface area contributed by atoms with Crippen molar-refractivity contribution in [3.63, 3.8) is 0 Å². The molecule has 9 heteroatoms.